The first-order valence-electron chi connectivity index (χ1n) is 8.66. The smallest absolute Gasteiger partial charge is 0.329 e. The molecule has 1 aliphatic rings. The summed E-state index contributed by atoms with van der Waals surface area (Å²) < 4.78 is 0. The van der Waals surface area contributed by atoms with Crippen molar-refractivity contribution in [3.8, 4) is 0 Å². The Balaban J connectivity index is 2.11. The maximum atomic E-state index is 12.5. The Morgan fingerprint density at radius 3 is 2.08 bits per heavy atom. The molecule has 1 saturated carbocycles. The Kier molecular flexibility index (Phi) is 5.82. The van der Waals surface area contributed by atoms with Gasteiger partial charge in [0.1, 0.15) is 5.54 Å². The highest BCUT2D eigenvalue weighted by Crippen LogP contribution is 2.34. The third kappa shape index (κ3) is 4.18. The number of carboxylic acids is 1. The minimum Gasteiger partial charge on any atom is -0.480 e. The van der Waals surface area contributed by atoms with E-state index in [4.69, 9.17) is 0 Å². The van der Waals surface area contributed by atoms with Crippen LogP contribution < -0.4 is 5.32 Å². The molecule has 6 heteroatoms. The molecule has 0 spiro atoms. The lowest BCUT2D eigenvalue weighted by Gasteiger charge is -2.37. The summed E-state index contributed by atoms with van der Waals surface area (Å²) in [6.45, 7) is 2.10. The van der Waals surface area contributed by atoms with Gasteiger partial charge in [0.15, 0.2) is 0 Å². The fourth-order valence-corrected chi connectivity index (χ4v) is 3.28. The van der Waals surface area contributed by atoms with Crippen molar-refractivity contribution < 1.29 is 19.5 Å². The molecule has 1 aromatic rings. The van der Waals surface area contributed by atoms with Gasteiger partial charge in [-0.25, -0.2) is 4.79 Å². The molecule has 0 aliphatic heterocycles. The minimum absolute atomic E-state index is 0.146. The summed E-state index contributed by atoms with van der Waals surface area (Å²) in [5, 5.41) is 12.4. The highest BCUT2D eigenvalue weighted by Gasteiger charge is 2.43. The van der Waals surface area contributed by atoms with E-state index in [9.17, 15) is 19.5 Å². The maximum Gasteiger partial charge on any atom is 0.329 e. The van der Waals surface area contributed by atoms with Crippen molar-refractivity contribution >= 4 is 17.8 Å². The fraction of sp³-hybridized carbons (Fsp3) is 0.526. The van der Waals surface area contributed by atoms with Crippen LogP contribution in [0.5, 0.6) is 0 Å². The van der Waals surface area contributed by atoms with E-state index in [1.165, 1.54) is 4.90 Å². The van der Waals surface area contributed by atoms with Crippen LogP contribution in [0.4, 0.5) is 0 Å². The third-order valence-electron chi connectivity index (χ3n) is 5.10. The second-order valence-corrected chi connectivity index (χ2v) is 6.97. The van der Waals surface area contributed by atoms with Crippen molar-refractivity contribution in [1.29, 1.82) is 0 Å². The van der Waals surface area contributed by atoms with Crippen LogP contribution >= 0.6 is 0 Å². The van der Waals surface area contributed by atoms with Gasteiger partial charge in [-0.1, -0.05) is 13.3 Å². The van der Waals surface area contributed by atoms with Crippen molar-refractivity contribution in [1.82, 2.24) is 10.2 Å². The second-order valence-electron chi connectivity index (χ2n) is 6.97. The van der Waals surface area contributed by atoms with Gasteiger partial charge in [0.25, 0.3) is 11.8 Å². The van der Waals surface area contributed by atoms with Gasteiger partial charge >= 0.3 is 5.97 Å². The molecule has 0 aromatic heterocycles. The van der Waals surface area contributed by atoms with E-state index in [1.54, 1.807) is 38.4 Å². The number of hydrogen-bond donors (Lipinski definition) is 2. The maximum absolute atomic E-state index is 12.5. The van der Waals surface area contributed by atoms with E-state index in [1.807, 2.05) is 0 Å². The van der Waals surface area contributed by atoms with Crippen molar-refractivity contribution in [3.05, 3.63) is 35.4 Å². The van der Waals surface area contributed by atoms with Crippen molar-refractivity contribution in [2.75, 3.05) is 14.1 Å². The normalized spacial score (nSPS) is 22.9. The summed E-state index contributed by atoms with van der Waals surface area (Å²) in [5.74, 6) is -1.01. The van der Waals surface area contributed by atoms with Crippen LogP contribution in [0.2, 0.25) is 0 Å². The monoisotopic (exact) mass is 346 g/mol. The molecular weight excluding hydrogens is 320 g/mol. The molecule has 0 heterocycles. The summed E-state index contributed by atoms with van der Waals surface area (Å²) in [7, 11) is 3.32. The topological polar surface area (TPSA) is 86.7 Å². The van der Waals surface area contributed by atoms with Crippen LogP contribution in [0.25, 0.3) is 0 Å². The molecule has 0 bridgehead atoms. The van der Waals surface area contributed by atoms with E-state index < -0.39 is 17.4 Å². The zero-order valence-corrected chi connectivity index (χ0v) is 15.0. The molecular formula is C19H26N2O4. The lowest BCUT2D eigenvalue weighted by atomic mass is 9.75. The van der Waals surface area contributed by atoms with Gasteiger partial charge in [0, 0.05) is 25.2 Å². The molecule has 0 radical (unpaired) electrons. The highest BCUT2D eigenvalue weighted by atomic mass is 16.4. The third-order valence-corrected chi connectivity index (χ3v) is 5.10. The highest BCUT2D eigenvalue weighted by molar-refractivity contribution is 5.99. The molecule has 2 amide bonds. The van der Waals surface area contributed by atoms with E-state index >= 15 is 0 Å². The average Bonchev–Trinajstić information content (AvgIpc) is 2.61. The second kappa shape index (κ2) is 7.68. The van der Waals surface area contributed by atoms with Crippen molar-refractivity contribution in [3.63, 3.8) is 0 Å². The largest absolute Gasteiger partial charge is 0.480 e. The van der Waals surface area contributed by atoms with Crippen LogP contribution in [0.3, 0.4) is 0 Å². The van der Waals surface area contributed by atoms with Crippen molar-refractivity contribution in [2.24, 2.45) is 5.92 Å². The van der Waals surface area contributed by atoms with Crippen LogP contribution in [0.1, 0.15) is 59.7 Å². The molecule has 6 nitrogen and oxygen atoms in total. The van der Waals surface area contributed by atoms with Gasteiger partial charge < -0.3 is 15.3 Å². The van der Waals surface area contributed by atoms with E-state index in [0.29, 0.717) is 29.9 Å². The number of hydrogen-bond acceptors (Lipinski definition) is 3. The number of carbonyl (C=O) groups excluding carboxylic acids is 2. The number of nitrogens with one attached hydrogen (secondary N) is 1. The number of carboxylic acid groups (broad SMARTS) is 1. The molecule has 25 heavy (non-hydrogen) atoms. The van der Waals surface area contributed by atoms with E-state index in [0.717, 1.165) is 19.3 Å². The predicted molar refractivity (Wildman–Crippen MR) is 94.5 cm³/mol. The van der Waals surface area contributed by atoms with Gasteiger partial charge in [-0.2, -0.15) is 0 Å². The van der Waals surface area contributed by atoms with E-state index in [2.05, 4.69) is 12.2 Å². The Morgan fingerprint density at radius 1 is 1.12 bits per heavy atom. The van der Waals surface area contributed by atoms with Crippen LogP contribution in [0.15, 0.2) is 24.3 Å². The van der Waals surface area contributed by atoms with Gasteiger partial charge in [0.05, 0.1) is 0 Å². The quantitative estimate of drug-likeness (QED) is 0.858. The Hall–Kier alpha value is -2.37. The first-order chi connectivity index (χ1) is 11.8. The van der Waals surface area contributed by atoms with Gasteiger partial charge in [-0.05, 0) is 55.9 Å². The summed E-state index contributed by atoms with van der Waals surface area (Å²) in [5.41, 5.74) is -0.354. The predicted octanol–water partition coefficient (Wildman–Crippen LogP) is 2.54. The Morgan fingerprint density at radius 2 is 1.64 bits per heavy atom. The number of rotatable bonds is 5. The fourth-order valence-electron chi connectivity index (χ4n) is 3.28. The number of amides is 2. The number of benzene rings is 1. The zero-order valence-electron chi connectivity index (χ0n) is 15.0. The summed E-state index contributed by atoms with van der Waals surface area (Å²) in [4.78, 5) is 37.7. The number of aliphatic carboxylic acids is 1. The molecule has 136 valence electrons. The standard InChI is InChI=1S/C19H26N2O4/c1-4-13-9-11-19(12-10-13,18(24)25)20-16(22)14-5-7-15(8-6-14)17(23)21(2)3/h5-8,13H,4,9-12H2,1-3H3,(H,20,22)(H,24,25). The molecule has 0 unspecified atom stereocenters. The molecule has 1 fully saturated rings. The Labute approximate surface area is 148 Å². The Bertz CT molecular complexity index is 644. The zero-order chi connectivity index (χ0) is 18.6. The van der Waals surface area contributed by atoms with Gasteiger partial charge in [0.2, 0.25) is 0 Å². The SMILES string of the molecule is CCC1CCC(NC(=O)c2ccc(C(=O)N(C)C)cc2)(C(=O)O)CC1. The summed E-state index contributed by atoms with van der Waals surface area (Å²) in [6, 6.07) is 6.27. The summed E-state index contributed by atoms with van der Waals surface area (Å²) >= 11 is 0. The summed E-state index contributed by atoms with van der Waals surface area (Å²) in [6.07, 6.45) is 3.54. The molecule has 2 rings (SSSR count). The van der Waals surface area contributed by atoms with Crippen LogP contribution in [-0.2, 0) is 4.79 Å². The molecule has 1 aliphatic carbocycles. The molecule has 2 N–H and O–H groups in total. The van der Waals surface area contributed by atoms with Crippen LogP contribution in [-0.4, -0.2) is 47.4 Å². The van der Waals surface area contributed by atoms with Gasteiger partial charge in [-0.3, -0.25) is 9.59 Å². The lowest BCUT2D eigenvalue weighted by Crippen LogP contribution is -2.56. The number of nitrogens with zero attached hydrogens (tertiary/aromatic N) is 1. The first kappa shape index (κ1) is 19.0. The molecule has 0 saturated heterocycles. The van der Waals surface area contributed by atoms with Gasteiger partial charge in [-0.15, -0.1) is 0 Å². The number of carbonyl (C=O) groups is 3. The van der Waals surface area contributed by atoms with E-state index in [-0.39, 0.29) is 5.91 Å². The lowest BCUT2D eigenvalue weighted by molar-refractivity contribution is -0.146. The average molecular weight is 346 g/mol. The minimum atomic E-state index is -1.19. The van der Waals surface area contributed by atoms with Crippen molar-refractivity contribution in [2.45, 2.75) is 44.6 Å². The van der Waals surface area contributed by atoms with Crippen LogP contribution in [0, 0.1) is 5.92 Å². The molecule has 0 atom stereocenters. The molecule has 1 aromatic carbocycles. The first-order valence-corrected chi connectivity index (χ1v) is 8.66.